The molecule has 0 aromatic rings. The van der Waals surface area contributed by atoms with Gasteiger partial charge in [0.05, 0.1) is 0 Å². The molecule has 36 heavy (non-hydrogen) atoms. The molecule has 0 bridgehead atoms. The van der Waals surface area contributed by atoms with Crippen molar-refractivity contribution < 1.29 is 9.53 Å². The van der Waals surface area contributed by atoms with Crippen LogP contribution in [0, 0.1) is 34.5 Å². The van der Waals surface area contributed by atoms with Crippen LogP contribution < -0.4 is 0 Å². The molecular weight excluding hydrogens is 508 g/mol. The van der Waals surface area contributed by atoms with E-state index >= 15 is 0 Å². The Morgan fingerprint density at radius 2 is 1.72 bits per heavy atom. The average Bonchev–Trinajstić information content (AvgIpc) is 3.21. The molecule has 3 fully saturated rings. The van der Waals surface area contributed by atoms with E-state index in [1.165, 1.54) is 83.5 Å². The second kappa shape index (κ2) is 12.7. The number of rotatable bonds is 12. The van der Waals surface area contributed by atoms with E-state index in [9.17, 15) is 4.79 Å². The van der Waals surface area contributed by atoms with E-state index in [1.54, 1.807) is 5.57 Å². The molecule has 0 aromatic heterocycles. The Morgan fingerprint density at radius 3 is 2.50 bits per heavy atom. The van der Waals surface area contributed by atoms with Gasteiger partial charge in [0.15, 0.2) is 0 Å². The van der Waals surface area contributed by atoms with E-state index in [4.69, 9.17) is 4.74 Å². The molecule has 3 heteroatoms. The number of hydrogen-bond acceptors (Lipinski definition) is 2. The van der Waals surface area contributed by atoms with Crippen LogP contribution in [0.15, 0.2) is 11.6 Å². The Bertz CT molecular complexity index is 761. The summed E-state index contributed by atoms with van der Waals surface area (Å²) < 4.78 is 6.02. The first-order valence-corrected chi connectivity index (χ1v) is 16.8. The zero-order valence-corrected chi connectivity index (χ0v) is 25.5. The number of carbonyl (C=O) groups excluding carboxylic acids is 1. The monoisotopic (exact) mass is 562 g/mol. The average molecular weight is 564 g/mol. The molecule has 0 aliphatic heterocycles. The SMILES string of the molecule is CCCCCCCC[C@H]1CC[C@H]2[C@@H]3CC=C4C[C@@H](OC(=O)[C@@H](Br)CCCC)CC[C@]4(C)[C@H]3CC[C@]12C. The lowest BCUT2D eigenvalue weighted by Crippen LogP contribution is -2.50. The van der Waals surface area contributed by atoms with E-state index in [0.717, 1.165) is 55.8 Å². The topological polar surface area (TPSA) is 26.3 Å². The highest BCUT2D eigenvalue weighted by Crippen LogP contribution is 2.66. The van der Waals surface area contributed by atoms with Crippen LogP contribution in [0.4, 0.5) is 0 Å². The molecule has 0 unspecified atom stereocenters. The molecule has 0 N–H and O–H groups in total. The van der Waals surface area contributed by atoms with Crippen molar-refractivity contribution in [2.75, 3.05) is 0 Å². The molecule has 4 rings (SSSR count). The number of esters is 1. The third kappa shape index (κ3) is 5.96. The van der Waals surface area contributed by atoms with Crippen molar-refractivity contribution in [3.63, 3.8) is 0 Å². The summed E-state index contributed by atoms with van der Waals surface area (Å²) in [6, 6.07) is 0. The molecule has 206 valence electrons. The minimum atomic E-state index is -0.141. The Balaban J connectivity index is 1.34. The summed E-state index contributed by atoms with van der Waals surface area (Å²) in [5.74, 6) is 3.58. The maximum atomic E-state index is 12.6. The normalized spacial score (nSPS) is 38.5. The van der Waals surface area contributed by atoms with Crippen LogP contribution in [0.1, 0.15) is 143 Å². The highest BCUT2D eigenvalue weighted by molar-refractivity contribution is 9.10. The van der Waals surface area contributed by atoms with Gasteiger partial charge in [0.1, 0.15) is 10.9 Å². The lowest BCUT2D eigenvalue weighted by Gasteiger charge is -2.58. The molecule has 0 spiro atoms. The highest BCUT2D eigenvalue weighted by Gasteiger charge is 2.58. The lowest BCUT2D eigenvalue weighted by atomic mass is 9.47. The molecule has 0 amide bonds. The summed E-state index contributed by atoms with van der Waals surface area (Å²) in [5, 5.41) is 0. The first-order valence-electron chi connectivity index (χ1n) is 15.9. The molecule has 0 heterocycles. The Morgan fingerprint density at radius 1 is 0.972 bits per heavy atom. The number of hydrogen-bond donors (Lipinski definition) is 0. The number of allylic oxidation sites excluding steroid dienone is 1. The van der Waals surface area contributed by atoms with Gasteiger partial charge >= 0.3 is 5.97 Å². The molecule has 3 saturated carbocycles. The Labute approximate surface area is 231 Å². The smallest absolute Gasteiger partial charge is 0.320 e. The minimum Gasteiger partial charge on any atom is -0.461 e. The van der Waals surface area contributed by atoms with Crippen molar-refractivity contribution in [2.45, 2.75) is 154 Å². The molecule has 0 radical (unpaired) electrons. The van der Waals surface area contributed by atoms with Gasteiger partial charge in [-0.05, 0) is 92.3 Å². The van der Waals surface area contributed by atoms with E-state index in [0.29, 0.717) is 10.8 Å². The van der Waals surface area contributed by atoms with Crippen LogP contribution in [0.5, 0.6) is 0 Å². The van der Waals surface area contributed by atoms with Gasteiger partial charge in [-0.25, -0.2) is 0 Å². The van der Waals surface area contributed by atoms with E-state index in [1.807, 2.05) is 0 Å². The third-order valence-corrected chi connectivity index (χ3v) is 12.3. The number of alkyl halides is 1. The maximum absolute atomic E-state index is 12.6. The molecule has 4 aliphatic rings. The quantitative estimate of drug-likeness (QED) is 0.102. The summed E-state index contributed by atoms with van der Waals surface area (Å²) in [5.41, 5.74) is 2.54. The first-order chi connectivity index (χ1) is 17.3. The summed E-state index contributed by atoms with van der Waals surface area (Å²) in [6.07, 6.45) is 26.1. The number of carbonyl (C=O) groups is 1. The number of ether oxygens (including phenoxy) is 1. The molecule has 0 saturated heterocycles. The first kappa shape index (κ1) is 28.7. The standard InChI is InChI=1S/C33H55BrO2/c1-5-7-9-10-11-12-13-24-16-18-28-27-17-15-25-23-26(36-31(35)30(34)14-8-6-2)19-21-33(25,4)29(27)20-22-32(24,28)3/h15,24,26-30H,5-14,16-23H2,1-4H3/t24-,26-,27-,28-,29-,30-,32+,33-/m0/s1. The summed E-state index contributed by atoms with van der Waals surface area (Å²) in [6.45, 7) is 9.75. The highest BCUT2D eigenvalue weighted by atomic mass is 79.9. The van der Waals surface area contributed by atoms with Gasteiger partial charge in [-0.15, -0.1) is 0 Å². The maximum Gasteiger partial charge on any atom is 0.320 e. The van der Waals surface area contributed by atoms with Crippen LogP contribution in [0.2, 0.25) is 0 Å². The van der Waals surface area contributed by atoms with Crippen LogP contribution in [-0.2, 0) is 9.53 Å². The zero-order valence-electron chi connectivity index (χ0n) is 24.0. The van der Waals surface area contributed by atoms with Crippen LogP contribution in [-0.4, -0.2) is 16.9 Å². The van der Waals surface area contributed by atoms with Gasteiger partial charge in [0, 0.05) is 6.42 Å². The van der Waals surface area contributed by atoms with Gasteiger partial charge < -0.3 is 4.74 Å². The van der Waals surface area contributed by atoms with E-state index in [-0.39, 0.29) is 16.9 Å². The summed E-state index contributed by atoms with van der Waals surface area (Å²) in [4.78, 5) is 12.5. The van der Waals surface area contributed by atoms with E-state index < -0.39 is 0 Å². The van der Waals surface area contributed by atoms with Gasteiger partial charge in [-0.2, -0.15) is 0 Å². The fourth-order valence-corrected chi connectivity index (χ4v) is 9.65. The molecule has 0 aromatic carbocycles. The van der Waals surface area contributed by atoms with Crippen molar-refractivity contribution in [1.29, 1.82) is 0 Å². The van der Waals surface area contributed by atoms with Crippen LogP contribution >= 0.6 is 15.9 Å². The third-order valence-electron chi connectivity index (χ3n) is 11.5. The van der Waals surface area contributed by atoms with Gasteiger partial charge in [0.25, 0.3) is 0 Å². The summed E-state index contributed by atoms with van der Waals surface area (Å²) >= 11 is 3.57. The predicted octanol–water partition coefficient (Wildman–Crippen LogP) is 10.2. The Hall–Kier alpha value is -0.310. The number of halogens is 1. The van der Waals surface area contributed by atoms with Crippen molar-refractivity contribution in [1.82, 2.24) is 0 Å². The molecule has 4 aliphatic carbocycles. The van der Waals surface area contributed by atoms with Gasteiger partial charge in [-0.1, -0.05) is 107 Å². The van der Waals surface area contributed by atoms with E-state index in [2.05, 4.69) is 49.7 Å². The number of unbranched alkanes of at least 4 members (excludes halogenated alkanes) is 6. The Kier molecular flexibility index (Phi) is 10.1. The van der Waals surface area contributed by atoms with Crippen molar-refractivity contribution in [2.24, 2.45) is 34.5 Å². The van der Waals surface area contributed by atoms with Crippen molar-refractivity contribution in [3.05, 3.63) is 11.6 Å². The number of fused-ring (bicyclic) bond motifs is 5. The summed E-state index contributed by atoms with van der Waals surface area (Å²) in [7, 11) is 0. The predicted molar refractivity (Wildman–Crippen MR) is 155 cm³/mol. The van der Waals surface area contributed by atoms with Crippen LogP contribution in [0.3, 0.4) is 0 Å². The molecular formula is C33H55BrO2. The largest absolute Gasteiger partial charge is 0.461 e. The second-order valence-corrected chi connectivity index (χ2v) is 14.7. The fraction of sp³-hybridized carbons (Fsp3) is 0.909. The van der Waals surface area contributed by atoms with Crippen LogP contribution in [0.25, 0.3) is 0 Å². The minimum absolute atomic E-state index is 0.0397. The second-order valence-electron chi connectivity index (χ2n) is 13.5. The fourth-order valence-electron chi connectivity index (χ4n) is 9.22. The lowest BCUT2D eigenvalue weighted by molar-refractivity contribution is -0.150. The van der Waals surface area contributed by atoms with Gasteiger partial charge in [-0.3, -0.25) is 4.79 Å². The van der Waals surface area contributed by atoms with Crippen molar-refractivity contribution in [3.8, 4) is 0 Å². The van der Waals surface area contributed by atoms with Gasteiger partial charge in [0.2, 0.25) is 0 Å². The van der Waals surface area contributed by atoms with Crippen molar-refractivity contribution >= 4 is 21.9 Å². The molecule has 2 nitrogen and oxygen atoms in total. The zero-order chi connectivity index (χ0) is 25.8. The molecule has 8 atom stereocenters.